The van der Waals surface area contributed by atoms with Gasteiger partial charge in [-0.2, -0.15) is 0 Å². The van der Waals surface area contributed by atoms with E-state index in [9.17, 15) is 0 Å². The van der Waals surface area contributed by atoms with Gasteiger partial charge in [-0.3, -0.25) is 4.98 Å². The first-order chi connectivity index (χ1) is 14.1. The van der Waals surface area contributed by atoms with Crippen LogP contribution in [-0.2, 0) is 0 Å². The van der Waals surface area contributed by atoms with Crippen molar-refractivity contribution in [2.45, 2.75) is 38.8 Å². The van der Waals surface area contributed by atoms with Crippen molar-refractivity contribution >= 4 is 17.4 Å². The van der Waals surface area contributed by atoms with E-state index in [1.807, 2.05) is 30.7 Å². The van der Waals surface area contributed by atoms with Crippen LogP contribution in [0.1, 0.15) is 26.7 Å². The Balaban J connectivity index is 1.73. The molecule has 150 valence electrons. The van der Waals surface area contributed by atoms with Gasteiger partial charge in [0, 0.05) is 54.3 Å². The number of hydrogen-bond acceptors (Lipinski definition) is 4. The molecule has 0 saturated carbocycles. The molecule has 3 aromatic rings. The summed E-state index contributed by atoms with van der Waals surface area (Å²) in [6.45, 7) is 6.43. The summed E-state index contributed by atoms with van der Waals surface area (Å²) in [7, 11) is 0. The smallest absolute Gasteiger partial charge is 0.129 e. The predicted octanol–water partition coefficient (Wildman–Crippen LogP) is 5.43. The van der Waals surface area contributed by atoms with Crippen LogP contribution in [0.2, 0.25) is 5.02 Å². The van der Waals surface area contributed by atoms with Crippen molar-refractivity contribution in [2.75, 3.05) is 18.0 Å². The summed E-state index contributed by atoms with van der Waals surface area (Å²) in [5.74, 6) is 1.04. The molecule has 0 radical (unpaired) electrons. The topological polar surface area (TPSA) is 41.0 Å². The number of halogens is 1. The number of anilines is 1. The Morgan fingerprint density at radius 2 is 1.79 bits per heavy atom. The molecule has 1 saturated heterocycles. The van der Waals surface area contributed by atoms with Crippen LogP contribution in [0.15, 0.2) is 61.1 Å². The van der Waals surface area contributed by atoms with Gasteiger partial charge in [0.1, 0.15) is 5.82 Å². The van der Waals surface area contributed by atoms with Crippen molar-refractivity contribution in [1.29, 1.82) is 0 Å². The molecular formula is C24H27ClN4. The van der Waals surface area contributed by atoms with Gasteiger partial charge in [0.25, 0.3) is 0 Å². The lowest BCUT2D eigenvalue weighted by atomic mass is 9.97. The Morgan fingerprint density at radius 3 is 2.52 bits per heavy atom. The summed E-state index contributed by atoms with van der Waals surface area (Å²) in [5.41, 5.74) is 4.53. The lowest BCUT2D eigenvalue weighted by Crippen LogP contribution is -2.40. The molecule has 4 rings (SSSR count). The number of pyridine rings is 2. The van der Waals surface area contributed by atoms with Gasteiger partial charge in [-0.1, -0.05) is 37.6 Å². The Morgan fingerprint density at radius 1 is 1.07 bits per heavy atom. The average molecular weight is 407 g/mol. The van der Waals surface area contributed by atoms with Crippen molar-refractivity contribution in [3.8, 4) is 22.3 Å². The molecule has 3 heterocycles. The highest BCUT2D eigenvalue weighted by atomic mass is 35.5. The minimum absolute atomic E-state index is 0.483. The van der Waals surface area contributed by atoms with E-state index in [0.717, 1.165) is 40.6 Å². The van der Waals surface area contributed by atoms with Crippen LogP contribution < -0.4 is 10.2 Å². The molecule has 5 heteroatoms. The molecule has 1 aromatic carbocycles. The fraction of sp³-hybridized carbons (Fsp3) is 0.333. The van der Waals surface area contributed by atoms with Gasteiger partial charge in [0.05, 0.1) is 0 Å². The molecule has 1 aliphatic rings. The van der Waals surface area contributed by atoms with Crippen LogP contribution in [0.4, 0.5) is 5.82 Å². The Bertz CT molecular complexity index is 941. The van der Waals surface area contributed by atoms with Gasteiger partial charge >= 0.3 is 0 Å². The molecule has 1 unspecified atom stereocenters. The lowest BCUT2D eigenvalue weighted by Gasteiger charge is -2.27. The van der Waals surface area contributed by atoms with Gasteiger partial charge < -0.3 is 10.2 Å². The highest BCUT2D eigenvalue weighted by molar-refractivity contribution is 6.30. The van der Waals surface area contributed by atoms with Crippen LogP contribution in [-0.4, -0.2) is 35.1 Å². The predicted molar refractivity (Wildman–Crippen MR) is 121 cm³/mol. The number of aromatic nitrogens is 2. The average Bonchev–Trinajstić information content (AvgIpc) is 3.22. The van der Waals surface area contributed by atoms with Crippen molar-refractivity contribution in [2.24, 2.45) is 0 Å². The summed E-state index contributed by atoms with van der Waals surface area (Å²) < 4.78 is 0. The minimum Gasteiger partial charge on any atom is -0.352 e. The van der Waals surface area contributed by atoms with E-state index in [1.54, 1.807) is 0 Å². The summed E-state index contributed by atoms with van der Waals surface area (Å²) in [6, 6.07) is 15.3. The van der Waals surface area contributed by atoms with Crippen LogP contribution in [0, 0.1) is 0 Å². The third-order valence-electron chi connectivity index (χ3n) is 5.47. The maximum absolute atomic E-state index is 6.10. The molecule has 1 fully saturated rings. The first kappa shape index (κ1) is 19.9. The largest absolute Gasteiger partial charge is 0.352 e. The van der Waals surface area contributed by atoms with Crippen molar-refractivity contribution < 1.29 is 0 Å². The van der Waals surface area contributed by atoms with E-state index in [-0.39, 0.29) is 0 Å². The first-order valence-corrected chi connectivity index (χ1v) is 10.7. The third kappa shape index (κ3) is 4.60. The molecule has 4 nitrogen and oxygen atoms in total. The number of nitrogens with zero attached hydrogens (tertiary/aromatic N) is 3. The van der Waals surface area contributed by atoms with Crippen LogP contribution in [0.5, 0.6) is 0 Å². The van der Waals surface area contributed by atoms with E-state index in [4.69, 9.17) is 16.6 Å². The zero-order valence-corrected chi connectivity index (χ0v) is 17.7. The van der Waals surface area contributed by atoms with Gasteiger partial charge in [-0.25, -0.2) is 4.98 Å². The zero-order chi connectivity index (χ0) is 20.2. The number of nitrogens with one attached hydrogen (secondary N) is 1. The summed E-state index contributed by atoms with van der Waals surface area (Å²) in [6.07, 6.45) is 8.08. The molecule has 0 amide bonds. The quantitative estimate of drug-likeness (QED) is 0.592. The Kier molecular flexibility index (Phi) is 6.12. The second kappa shape index (κ2) is 8.93. The van der Waals surface area contributed by atoms with Crippen LogP contribution in [0.25, 0.3) is 22.3 Å². The molecule has 29 heavy (non-hydrogen) atoms. The number of benzene rings is 1. The molecule has 1 atom stereocenters. The van der Waals surface area contributed by atoms with Crippen LogP contribution >= 0.6 is 11.6 Å². The summed E-state index contributed by atoms with van der Waals surface area (Å²) >= 11 is 6.10. The zero-order valence-electron chi connectivity index (χ0n) is 17.0. The van der Waals surface area contributed by atoms with Crippen LogP contribution in [0.3, 0.4) is 0 Å². The standard InChI is InChI=1S/C24H27ClN4/c1-17(2)27-15-21-4-3-13-29(21)24-14-22(19-9-11-26-12-10-19)23(16-28-24)18-5-7-20(25)8-6-18/h5-12,14,16-17,21,27H,3-4,13,15H2,1-2H3. The monoisotopic (exact) mass is 406 g/mol. The minimum atomic E-state index is 0.483. The molecule has 0 aliphatic carbocycles. The Hall–Kier alpha value is -2.43. The molecular weight excluding hydrogens is 380 g/mol. The van der Waals surface area contributed by atoms with Gasteiger partial charge in [0.15, 0.2) is 0 Å². The molecule has 1 aliphatic heterocycles. The maximum Gasteiger partial charge on any atom is 0.129 e. The number of rotatable bonds is 6. The van der Waals surface area contributed by atoms with E-state index in [1.165, 1.54) is 18.4 Å². The van der Waals surface area contributed by atoms with E-state index < -0.39 is 0 Å². The molecule has 0 spiro atoms. The van der Waals surface area contributed by atoms with E-state index >= 15 is 0 Å². The lowest BCUT2D eigenvalue weighted by molar-refractivity contribution is 0.522. The fourth-order valence-electron chi connectivity index (χ4n) is 3.95. The van der Waals surface area contributed by atoms with E-state index in [2.05, 4.69) is 59.4 Å². The van der Waals surface area contributed by atoms with Gasteiger partial charge in [-0.05, 0) is 59.9 Å². The molecule has 1 N–H and O–H groups in total. The van der Waals surface area contributed by atoms with Crippen molar-refractivity contribution in [3.05, 3.63) is 66.1 Å². The normalized spacial score (nSPS) is 16.6. The fourth-order valence-corrected chi connectivity index (χ4v) is 4.08. The van der Waals surface area contributed by atoms with Crippen molar-refractivity contribution in [3.63, 3.8) is 0 Å². The van der Waals surface area contributed by atoms with Crippen molar-refractivity contribution in [1.82, 2.24) is 15.3 Å². The second-order valence-electron chi connectivity index (χ2n) is 7.88. The highest BCUT2D eigenvalue weighted by Crippen LogP contribution is 2.35. The van der Waals surface area contributed by atoms with Gasteiger partial charge in [-0.15, -0.1) is 0 Å². The highest BCUT2D eigenvalue weighted by Gasteiger charge is 2.26. The number of hydrogen-bond donors (Lipinski definition) is 1. The Labute approximate surface area is 178 Å². The summed E-state index contributed by atoms with van der Waals surface area (Å²) in [5, 5.41) is 4.32. The maximum atomic E-state index is 6.10. The molecule has 2 aromatic heterocycles. The second-order valence-corrected chi connectivity index (χ2v) is 8.32. The third-order valence-corrected chi connectivity index (χ3v) is 5.72. The first-order valence-electron chi connectivity index (χ1n) is 10.3. The SMILES string of the molecule is CC(C)NCC1CCCN1c1cc(-c2ccncc2)c(-c2ccc(Cl)cc2)cn1. The molecule has 0 bridgehead atoms. The summed E-state index contributed by atoms with van der Waals surface area (Å²) in [4.78, 5) is 11.5. The van der Waals surface area contributed by atoms with Gasteiger partial charge in [0.2, 0.25) is 0 Å². The van der Waals surface area contributed by atoms with E-state index in [0.29, 0.717) is 12.1 Å².